The van der Waals surface area contributed by atoms with Gasteiger partial charge in [-0.2, -0.15) is 0 Å². The van der Waals surface area contributed by atoms with Gasteiger partial charge in [-0.1, -0.05) is 0 Å². The molecule has 0 aromatic rings. The molecule has 6 nitrogen and oxygen atoms in total. The van der Waals surface area contributed by atoms with Crippen molar-refractivity contribution in [2.24, 2.45) is 0 Å². The van der Waals surface area contributed by atoms with E-state index in [0.717, 1.165) is 17.7 Å². The molecule has 0 saturated carbocycles. The molecule has 0 bridgehead atoms. The van der Waals surface area contributed by atoms with Crippen LogP contribution in [0.2, 0.25) is 0 Å². The van der Waals surface area contributed by atoms with Gasteiger partial charge < -0.3 is 14.9 Å². The maximum Gasteiger partial charge on any atom is 0.323 e. The fourth-order valence-corrected chi connectivity index (χ4v) is 1.60. The van der Waals surface area contributed by atoms with Crippen molar-refractivity contribution in [3.05, 3.63) is 0 Å². The highest BCUT2D eigenvalue weighted by Gasteiger charge is 2.22. The number of carboxylic acid groups (broad SMARTS) is 1. The Labute approximate surface area is 93.8 Å². The third-order valence-corrected chi connectivity index (χ3v) is 2.55. The van der Waals surface area contributed by atoms with Gasteiger partial charge in [0, 0.05) is 20.0 Å². The number of piperidine rings is 1. The number of carboxylic acids is 1. The van der Waals surface area contributed by atoms with Gasteiger partial charge in [0.1, 0.15) is 6.54 Å². The number of aliphatic carboxylic acids is 1. The van der Waals surface area contributed by atoms with Crippen molar-refractivity contribution in [2.75, 3.05) is 26.7 Å². The molecule has 6 heteroatoms. The van der Waals surface area contributed by atoms with Crippen LogP contribution in [0.1, 0.15) is 19.3 Å². The van der Waals surface area contributed by atoms with Gasteiger partial charge in [0.15, 0.2) is 0 Å². The molecule has 1 saturated heterocycles. The van der Waals surface area contributed by atoms with Crippen LogP contribution in [-0.4, -0.2) is 59.4 Å². The standard InChI is InChI=1S/C10H16N2O4/c1-11(7-10(15)16)9(14)6-12-5-3-2-4-8(12)13/h2-7H2,1H3,(H,15,16). The minimum Gasteiger partial charge on any atom is -0.480 e. The van der Waals surface area contributed by atoms with Crippen LogP contribution in [0.4, 0.5) is 0 Å². The zero-order valence-corrected chi connectivity index (χ0v) is 9.31. The van der Waals surface area contributed by atoms with Gasteiger partial charge in [-0.25, -0.2) is 0 Å². The van der Waals surface area contributed by atoms with Gasteiger partial charge in [-0.3, -0.25) is 14.4 Å². The smallest absolute Gasteiger partial charge is 0.323 e. The van der Waals surface area contributed by atoms with Crippen molar-refractivity contribution >= 4 is 17.8 Å². The summed E-state index contributed by atoms with van der Waals surface area (Å²) in [5, 5.41) is 8.52. The summed E-state index contributed by atoms with van der Waals surface area (Å²) < 4.78 is 0. The number of nitrogens with zero attached hydrogens (tertiary/aromatic N) is 2. The number of amides is 2. The van der Waals surface area contributed by atoms with E-state index in [1.807, 2.05) is 0 Å². The van der Waals surface area contributed by atoms with Crippen molar-refractivity contribution in [3.8, 4) is 0 Å². The summed E-state index contributed by atoms with van der Waals surface area (Å²) in [5.74, 6) is -1.42. The largest absolute Gasteiger partial charge is 0.480 e. The second-order valence-electron chi connectivity index (χ2n) is 3.92. The van der Waals surface area contributed by atoms with Crippen LogP contribution in [0.5, 0.6) is 0 Å². The molecular weight excluding hydrogens is 212 g/mol. The van der Waals surface area contributed by atoms with Crippen molar-refractivity contribution in [2.45, 2.75) is 19.3 Å². The molecular formula is C10H16N2O4. The van der Waals surface area contributed by atoms with Gasteiger partial charge >= 0.3 is 5.97 Å². The molecule has 0 unspecified atom stereocenters. The van der Waals surface area contributed by atoms with Crippen LogP contribution in [0.3, 0.4) is 0 Å². The molecule has 0 atom stereocenters. The molecule has 0 spiro atoms. The first-order chi connectivity index (χ1) is 7.50. The minimum absolute atomic E-state index is 0.0113. The predicted molar refractivity (Wildman–Crippen MR) is 55.7 cm³/mol. The molecule has 0 aromatic carbocycles. The third kappa shape index (κ3) is 3.52. The van der Waals surface area contributed by atoms with Crippen LogP contribution >= 0.6 is 0 Å². The fourth-order valence-electron chi connectivity index (χ4n) is 1.60. The Balaban J connectivity index is 2.43. The number of carbonyl (C=O) groups excluding carboxylic acids is 2. The van der Waals surface area contributed by atoms with Crippen molar-refractivity contribution < 1.29 is 19.5 Å². The summed E-state index contributed by atoms with van der Waals surface area (Å²) in [6, 6.07) is 0. The number of hydrogen-bond acceptors (Lipinski definition) is 3. The summed E-state index contributed by atoms with van der Waals surface area (Å²) in [6.45, 7) is 0.245. The van der Waals surface area contributed by atoms with Crippen molar-refractivity contribution in [1.29, 1.82) is 0 Å². The summed E-state index contributed by atoms with van der Waals surface area (Å²) in [6.07, 6.45) is 2.26. The molecule has 1 aliphatic heterocycles. The fraction of sp³-hybridized carbons (Fsp3) is 0.700. The highest BCUT2D eigenvalue weighted by atomic mass is 16.4. The highest BCUT2D eigenvalue weighted by molar-refractivity contribution is 5.86. The van der Waals surface area contributed by atoms with E-state index in [2.05, 4.69) is 0 Å². The lowest BCUT2D eigenvalue weighted by molar-refractivity contribution is -0.146. The van der Waals surface area contributed by atoms with Crippen LogP contribution in [-0.2, 0) is 14.4 Å². The number of hydrogen-bond donors (Lipinski definition) is 1. The zero-order valence-electron chi connectivity index (χ0n) is 9.31. The van der Waals surface area contributed by atoms with E-state index >= 15 is 0 Å². The molecule has 0 aliphatic carbocycles. The van der Waals surface area contributed by atoms with Crippen molar-refractivity contribution in [1.82, 2.24) is 9.80 Å². The maximum absolute atomic E-state index is 11.6. The molecule has 1 fully saturated rings. The molecule has 1 rings (SSSR count). The molecule has 0 aromatic heterocycles. The Morgan fingerprint density at radius 3 is 2.69 bits per heavy atom. The van der Waals surface area contributed by atoms with E-state index in [-0.39, 0.29) is 24.9 Å². The molecule has 2 amide bonds. The van der Waals surface area contributed by atoms with E-state index in [9.17, 15) is 14.4 Å². The lowest BCUT2D eigenvalue weighted by Crippen LogP contribution is -2.44. The number of carbonyl (C=O) groups is 3. The first-order valence-corrected chi connectivity index (χ1v) is 5.24. The third-order valence-electron chi connectivity index (χ3n) is 2.55. The lowest BCUT2D eigenvalue weighted by Gasteiger charge is -2.27. The average Bonchev–Trinajstić information content (AvgIpc) is 2.20. The summed E-state index contributed by atoms with van der Waals surface area (Å²) in [7, 11) is 1.42. The lowest BCUT2D eigenvalue weighted by atomic mass is 10.1. The average molecular weight is 228 g/mol. The molecule has 1 aliphatic rings. The molecule has 90 valence electrons. The predicted octanol–water partition coefficient (Wildman–Crippen LogP) is -0.458. The van der Waals surface area contributed by atoms with E-state index in [4.69, 9.17) is 5.11 Å². The SMILES string of the molecule is CN(CC(=O)O)C(=O)CN1CCCCC1=O. The second kappa shape index (κ2) is 5.48. The molecule has 1 N–H and O–H groups in total. The van der Waals surface area contributed by atoms with E-state index in [1.165, 1.54) is 11.9 Å². The zero-order chi connectivity index (χ0) is 12.1. The van der Waals surface area contributed by atoms with Gasteiger partial charge in [-0.05, 0) is 12.8 Å². The first-order valence-electron chi connectivity index (χ1n) is 5.24. The van der Waals surface area contributed by atoms with Gasteiger partial charge in [0.05, 0.1) is 6.54 Å². The molecule has 1 heterocycles. The molecule has 0 radical (unpaired) electrons. The summed E-state index contributed by atoms with van der Waals surface area (Å²) >= 11 is 0. The highest BCUT2D eigenvalue weighted by Crippen LogP contribution is 2.10. The van der Waals surface area contributed by atoms with Crippen LogP contribution < -0.4 is 0 Å². The summed E-state index contributed by atoms with van der Waals surface area (Å²) in [5.41, 5.74) is 0. The van der Waals surface area contributed by atoms with Gasteiger partial charge in [0.25, 0.3) is 0 Å². The topological polar surface area (TPSA) is 77.9 Å². The molecule has 16 heavy (non-hydrogen) atoms. The van der Waals surface area contributed by atoms with Crippen LogP contribution in [0.15, 0.2) is 0 Å². The summed E-state index contributed by atoms with van der Waals surface area (Å²) in [4.78, 5) is 36.0. The normalized spacial score (nSPS) is 16.1. The number of likely N-dealkylation sites (tertiary alicyclic amines) is 1. The maximum atomic E-state index is 11.6. The Morgan fingerprint density at radius 2 is 2.12 bits per heavy atom. The second-order valence-corrected chi connectivity index (χ2v) is 3.92. The Bertz CT molecular complexity index is 303. The van der Waals surface area contributed by atoms with E-state index in [0.29, 0.717) is 13.0 Å². The Morgan fingerprint density at radius 1 is 1.44 bits per heavy atom. The van der Waals surface area contributed by atoms with Gasteiger partial charge in [0.2, 0.25) is 11.8 Å². The van der Waals surface area contributed by atoms with Crippen LogP contribution in [0, 0.1) is 0 Å². The van der Waals surface area contributed by atoms with E-state index in [1.54, 1.807) is 0 Å². The monoisotopic (exact) mass is 228 g/mol. The quantitative estimate of drug-likeness (QED) is 0.706. The van der Waals surface area contributed by atoms with Crippen LogP contribution in [0.25, 0.3) is 0 Å². The Kier molecular flexibility index (Phi) is 4.28. The van der Waals surface area contributed by atoms with E-state index < -0.39 is 5.97 Å². The first kappa shape index (κ1) is 12.5. The number of likely N-dealkylation sites (N-methyl/N-ethyl adjacent to an activating group) is 1. The van der Waals surface area contributed by atoms with Gasteiger partial charge in [-0.15, -0.1) is 0 Å². The number of rotatable bonds is 4. The van der Waals surface area contributed by atoms with Crippen molar-refractivity contribution in [3.63, 3.8) is 0 Å². The Hall–Kier alpha value is -1.59. The minimum atomic E-state index is -1.05.